The van der Waals surface area contributed by atoms with Gasteiger partial charge < -0.3 is 0 Å². The SMILES string of the molecule is C=C(F)/C=C(/Br)C(C)Cl. The molecule has 0 saturated carbocycles. The zero-order chi connectivity index (χ0) is 7.44. The number of rotatable bonds is 2. The van der Waals surface area contributed by atoms with Crippen LogP contribution >= 0.6 is 27.5 Å². The molecule has 0 N–H and O–H groups in total. The van der Waals surface area contributed by atoms with Gasteiger partial charge in [-0.25, -0.2) is 4.39 Å². The molecule has 0 nitrogen and oxygen atoms in total. The van der Waals surface area contributed by atoms with Crippen LogP contribution in [0.15, 0.2) is 23.0 Å². The van der Waals surface area contributed by atoms with E-state index in [1.54, 1.807) is 6.92 Å². The third-order valence-electron chi connectivity index (χ3n) is 0.675. The summed E-state index contributed by atoms with van der Waals surface area (Å²) < 4.78 is 12.6. The predicted molar refractivity (Wildman–Crippen MR) is 42.6 cm³/mol. The molecular weight excluding hydrogens is 206 g/mol. The van der Waals surface area contributed by atoms with Crippen molar-refractivity contribution in [1.82, 2.24) is 0 Å². The van der Waals surface area contributed by atoms with Gasteiger partial charge in [0.05, 0.1) is 5.38 Å². The number of hydrogen-bond donors (Lipinski definition) is 0. The van der Waals surface area contributed by atoms with Crippen molar-refractivity contribution in [3.63, 3.8) is 0 Å². The standard InChI is InChI=1S/C6H7BrClF/c1-4(9)3-6(7)5(2)8/h3,5H,1H2,2H3/b6-3+. The van der Waals surface area contributed by atoms with E-state index in [1.807, 2.05) is 0 Å². The summed E-state index contributed by atoms with van der Waals surface area (Å²) in [6, 6.07) is 0. The van der Waals surface area contributed by atoms with E-state index < -0.39 is 5.83 Å². The van der Waals surface area contributed by atoms with E-state index in [9.17, 15) is 4.39 Å². The molecular formula is C6H7BrClF. The maximum Gasteiger partial charge on any atom is 0.116 e. The lowest BCUT2D eigenvalue weighted by atomic mass is 10.4. The average Bonchev–Trinajstić information content (AvgIpc) is 1.63. The molecule has 0 aromatic heterocycles. The van der Waals surface area contributed by atoms with Gasteiger partial charge in [0.2, 0.25) is 0 Å². The minimum Gasteiger partial charge on any atom is -0.208 e. The van der Waals surface area contributed by atoms with Crippen LogP contribution in [0.25, 0.3) is 0 Å². The largest absolute Gasteiger partial charge is 0.208 e. The molecule has 0 amide bonds. The van der Waals surface area contributed by atoms with Crippen LogP contribution in [0.1, 0.15) is 6.92 Å². The summed E-state index contributed by atoms with van der Waals surface area (Å²) in [5, 5.41) is -0.197. The number of allylic oxidation sites excluding steroid dienone is 3. The number of alkyl halides is 1. The van der Waals surface area contributed by atoms with Crippen molar-refractivity contribution in [1.29, 1.82) is 0 Å². The van der Waals surface area contributed by atoms with Gasteiger partial charge in [-0.05, 0) is 13.0 Å². The fourth-order valence-corrected chi connectivity index (χ4v) is 0.576. The summed E-state index contributed by atoms with van der Waals surface area (Å²) in [5.74, 6) is -0.491. The zero-order valence-electron chi connectivity index (χ0n) is 5.00. The van der Waals surface area contributed by atoms with E-state index in [2.05, 4.69) is 22.5 Å². The maximum atomic E-state index is 12.0. The van der Waals surface area contributed by atoms with Crippen molar-refractivity contribution in [2.24, 2.45) is 0 Å². The van der Waals surface area contributed by atoms with Gasteiger partial charge >= 0.3 is 0 Å². The van der Waals surface area contributed by atoms with Gasteiger partial charge in [-0.15, -0.1) is 11.6 Å². The molecule has 0 bridgehead atoms. The highest BCUT2D eigenvalue weighted by atomic mass is 79.9. The lowest BCUT2D eigenvalue weighted by molar-refractivity contribution is 0.670. The molecule has 0 rings (SSSR count). The summed E-state index contributed by atoms with van der Waals surface area (Å²) in [4.78, 5) is 0. The molecule has 0 spiro atoms. The molecule has 1 unspecified atom stereocenters. The van der Waals surface area contributed by atoms with Gasteiger partial charge in [0.25, 0.3) is 0 Å². The van der Waals surface area contributed by atoms with Crippen LogP contribution in [-0.2, 0) is 0 Å². The fourth-order valence-electron chi connectivity index (χ4n) is 0.264. The zero-order valence-corrected chi connectivity index (χ0v) is 7.34. The molecule has 0 aliphatic carbocycles. The van der Waals surface area contributed by atoms with Gasteiger partial charge in [-0.1, -0.05) is 22.5 Å². The lowest BCUT2D eigenvalue weighted by Crippen LogP contribution is -1.87. The third kappa shape index (κ3) is 4.67. The Labute approximate surface area is 67.5 Å². The maximum absolute atomic E-state index is 12.0. The second-order valence-electron chi connectivity index (χ2n) is 1.59. The van der Waals surface area contributed by atoms with E-state index in [-0.39, 0.29) is 5.38 Å². The normalized spacial score (nSPS) is 15.3. The molecule has 0 aliphatic rings. The summed E-state index contributed by atoms with van der Waals surface area (Å²) in [6.45, 7) is 4.79. The van der Waals surface area contributed by atoms with Crippen LogP contribution in [-0.4, -0.2) is 5.38 Å². The highest BCUT2D eigenvalue weighted by molar-refractivity contribution is 9.11. The monoisotopic (exact) mass is 212 g/mol. The van der Waals surface area contributed by atoms with Crippen LogP contribution in [0.3, 0.4) is 0 Å². The van der Waals surface area contributed by atoms with E-state index in [0.29, 0.717) is 4.48 Å². The van der Waals surface area contributed by atoms with Gasteiger partial charge in [0.1, 0.15) is 5.83 Å². The summed E-state index contributed by atoms with van der Waals surface area (Å²) in [6.07, 6.45) is 1.25. The minimum absolute atomic E-state index is 0.197. The van der Waals surface area contributed by atoms with Crippen LogP contribution < -0.4 is 0 Å². The summed E-state index contributed by atoms with van der Waals surface area (Å²) in [5.41, 5.74) is 0. The first-order chi connectivity index (χ1) is 4.04. The Morgan fingerprint density at radius 1 is 1.89 bits per heavy atom. The summed E-state index contributed by atoms with van der Waals surface area (Å²) >= 11 is 8.62. The smallest absolute Gasteiger partial charge is 0.116 e. The quantitative estimate of drug-likeness (QED) is 0.487. The molecule has 0 heterocycles. The predicted octanol–water partition coefficient (Wildman–Crippen LogP) is 3.38. The number of halogens is 3. The van der Waals surface area contributed by atoms with E-state index in [0.717, 1.165) is 0 Å². The van der Waals surface area contributed by atoms with Crippen molar-refractivity contribution in [2.45, 2.75) is 12.3 Å². The van der Waals surface area contributed by atoms with Gasteiger partial charge in [-0.2, -0.15) is 0 Å². The van der Waals surface area contributed by atoms with Crippen LogP contribution in [0.2, 0.25) is 0 Å². The topological polar surface area (TPSA) is 0 Å². The molecule has 0 saturated heterocycles. The highest BCUT2D eigenvalue weighted by Crippen LogP contribution is 2.17. The Morgan fingerprint density at radius 3 is 2.44 bits per heavy atom. The Morgan fingerprint density at radius 2 is 2.33 bits per heavy atom. The lowest BCUT2D eigenvalue weighted by Gasteiger charge is -1.97. The van der Waals surface area contributed by atoms with Crippen LogP contribution in [0, 0.1) is 0 Å². The van der Waals surface area contributed by atoms with Gasteiger partial charge in [0, 0.05) is 4.48 Å². The van der Waals surface area contributed by atoms with Crippen LogP contribution in [0.5, 0.6) is 0 Å². The number of hydrogen-bond acceptors (Lipinski definition) is 0. The molecule has 0 aromatic rings. The second-order valence-corrected chi connectivity index (χ2v) is 3.16. The summed E-state index contributed by atoms with van der Waals surface area (Å²) in [7, 11) is 0. The Hall–Kier alpha value is 0.180. The molecule has 0 radical (unpaired) electrons. The molecule has 0 fully saturated rings. The van der Waals surface area contributed by atoms with Gasteiger partial charge in [-0.3, -0.25) is 0 Å². The van der Waals surface area contributed by atoms with Crippen molar-refractivity contribution in [3.05, 3.63) is 23.0 Å². The average molecular weight is 213 g/mol. The van der Waals surface area contributed by atoms with E-state index >= 15 is 0 Å². The Kier molecular flexibility index (Phi) is 4.15. The molecule has 1 atom stereocenters. The molecule has 52 valence electrons. The van der Waals surface area contributed by atoms with Crippen molar-refractivity contribution >= 4 is 27.5 Å². The van der Waals surface area contributed by atoms with Crippen molar-refractivity contribution in [3.8, 4) is 0 Å². The first-order valence-corrected chi connectivity index (χ1v) is 3.62. The van der Waals surface area contributed by atoms with Crippen molar-refractivity contribution in [2.75, 3.05) is 0 Å². The van der Waals surface area contributed by atoms with Crippen LogP contribution in [0.4, 0.5) is 4.39 Å². The molecule has 0 aliphatic heterocycles. The Balaban J connectivity index is 4.00. The minimum atomic E-state index is -0.491. The Bertz CT molecular complexity index is 140. The van der Waals surface area contributed by atoms with E-state index in [1.165, 1.54) is 6.08 Å². The highest BCUT2D eigenvalue weighted by Gasteiger charge is 1.99. The first kappa shape index (κ1) is 9.18. The molecule has 3 heteroatoms. The fraction of sp³-hybridized carbons (Fsp3) is 0.333. The van der Waals surface area contributed by atoms with Crippen molar-refractivity contribution < 1.29 is 4.39 Å². The second kappa shape index (κ2) is 4.07. The van der Waals surface area contributed by atoms with E-state index in [4.69, 9.17) is 11.6 Å². The first-order valence-electron chi connectivity index (χ1n) is 2.39. The van der Waals surface area contributed by atoms with Gasteiger partial charge in [0.15, 0.2) is 0 Å². The molecule has 9 heavy (non-hydrogen) atoms. The third-order valence-corrected chi connectivity index (χ3v) is 2.09. The molecule has 0 aromatic carbocycles.